The molecule has 1 aromatic heterocycles. The molecule has 9 nitrogen and oxygen atoms in total. The number of aromatic amines is 1. The molecule has 17 heavy (non-hydrogen) atoms. The highest BCUT2D eigenvalue weighted by Gasteiger charge is 2.18. The van der Waals surface area contributed by atoms with Gasteiger partial charge in [0.05, 0.1) is 13.0 Å². The molecule has 1 rings (SSSR count). The number of aliphatic carboxylic acids is 1. The van der Waals surface area contributed by atoms with Crippen LogP contribution in [0, 0.1) is 0 Å². The molecule has 0 saturated carbocycles. The highest BCUT2D eigenvalue weighted by molar-refractivity contribution is 7.87. The van der Waals surface area contributed by atoms with Crippen molar-refractivity contribution < 1.29 is 18.3 Å². The fourth-order valence-corrected chi connectivity index (χ4v) is 1.83. The number of nitrogens with one attached hydrogen (secondary N) is 2. The smallest absolute Gasteiger partial charge is 0.304 e. The fourth-order valence-electron chi connectivity index (χ4n) is 0.959. The van der Waals surface area contributed by atoms with Crippen molar-refractivity contribution in [1.82, 2.24) is 24.2 Å². The second-order valence-electron chi connectivity index (χ2n) is 3.22. The summed E-state index contributed by atoms with van der Waals surface area (Å²) in [5, 5.41) is 14.5. The van der Waals surface area contributed by atoms with E-state index in [0.717, 1.165) is 4.31 Å². The first kappa shape index (κ1) is 13.5. The largest absolute Gasteiger partial charge is 0.481 e. The number of carbonyl (C=O) groups is 1. The van der Waals surface area contributed by atoms with Crippen molar-refractivity contribution in [2.24, 2.45) is 0 Å². The van der Waals surface area contributed by atoms with Crippen LogP contribution in [0.4, 0.5) is 0 Å². The molecule has 0 atom stereocenters. The predicted molar refractivity (Wildman–Crippen MR) is 57.0 cm³/mol. The molecule has 0 aromatic carbocycles. The van der Waals surface area contributed by atoms with E-state index < -0.39 is 16.2 Å². The molecular formula is C7H13N5O4S. The van der Waals surface area contributed by atoms with Gasteiger partial charge in [-0.1, -0.05) is 0 Å². The first-order valence-electron chi connectivity index (χ1n) is 4.69. The molecule has 1 heterocycles. The lowest BCUT2D eigenvalue weighted by molar-refractivity contribution is -0.137. The van der Waals surface area contributed by atoms with Gasteiger partial charge in [-0.05, 0) is 0 Å². The lowest BCUT2D eigenvalue weighted by Crippen LogP contribution is -2.39. The Morgan fingerprint density at radius 1 is 1.65 bits per heavy atom. The van der Waals surface area contributed by atoms with Crippen molar-refractivity contribution in [2.45, 2.75) is 13.0 Å². The van der Waals surface area contributed by atoms with Crippen molar-refractivity contribution in [1.29, 1.82) is 0 Å². The standard InChI is InChI=1S/C7H13N5O4S/c1-12(3-2-7(13)14)17(15,16)10-4-6-8-5-9-11-6/h5,10H,2-4H2,1H3,(H,13,14)(H,8,9,11). The molecule has 0 spiro atoms. The Balaban J connectivity index is 2.47. The molecule has 0 amide bonds. The number of carboxylic acid groups (broad SMARTS) is 1. The van der Waals surface area contributed by atoms with E-state index in [1.165, 1.54) is 13.4 Å². The summed E-state index contributed by atoms with van der Waals surface area (Å²) < 4.78 is 26.4. The molecule has 0 fully saturated rings. The van der Waals surface area contributed by atoms with Crippen molar-refractivity contribution in [3.8, 4) is 0 Å². The summed E-state index contributed by atoms with van der Waals surface area (Å²) in [7, 11) is -2.40. The minimum atomic E-state index is -3.70. The summed E-state index contributed by atoms with van der Waals surface area (Å²) in [6.07, 6.45) is 1.01. The highest BCUT2D eigenvalue weighted by Crippen LogP contribution is 1.97. The number of carboxylic acids is 1. The summed E-state index contributed by atoms with van der Waals surface area (Å²) in [6, 6.07) is 0. The molecular weight excluding hydrogens is 250 g/mol. The van der Waals surface area contributed by atoms with Crippen LogP contribution < -0.4 is 4.72 Å². The van der Waals surface area contributed by atoms with Crippen molar-refractivity contribution >= 4 is 16.2 Å². The average Bonchev–Trinajstić information content (AvgIpc) is 2.75. The van der Waals surface area contributed by atoms with E-state index in [-0.39, 0.29) is 19.5 Å². The fraction of sp³-hybridized carbons (Fsp3) is 0.571. The Morgan fingerprint density at radius 2 is 2.35 bits per heavy atom. The summed E-state index contributed by atoms with van der Waals surface area (Å²) >= 11 is 0. The van der Waals surface area contributed by atoms with Crippen LogP contribution in [0.3, 0.4) is 0 Å². The van der Waals surface area contributed by atoms with Gasteiger partial charge in [-0.3, -0.25) is 9.89 Å². The van der Waals surface area contributed by atoms with Gasteiger partial charge < -0.3 is 5.11 Å². The molecule has 10 heteroatoms. The van der Waals surface area contributed by atoms with Gasteiger partial charge in [-0.25, -0.2) is 4.98 Å². The zero-order valence-corrected chi connectivity index (χ0v) is 9.94. The van der Waals surface area contributed by atoms with Crippen LogP contribution in [0.5, 0.6) is 0 Å². The van der Waals surface area contributed by atoms with Gasteiger partial charge >= 0.3 is 5.97 Å². The van der Waals surface area contributed by atoms with Crippen molar-refractivity contribution in [3.63, 3.8) is 0 Å². The monoisotopic (exact) mass is 263 g/mol. The Kier molecular flexibility index (Phi) is 4.54. The number of rotatable bonds is 7. The SMILES string of the molecule is CN(CCC(=O)O)S(=O)(=O)NCc1ncn[nH]1. The maximum atomic E-state index is 11.6. The first-order chi connectivity index (χ1) is 7.92. The van der Waals surface area contributed by atoms with E-state index in [0.29, 0.717) is 5.82 Å². The third-order valence-electron chi connectivity index (χ3n) is 1.94. The number of aromatic nitrogens is 3. The second kappa shape index (κ2) is 5.70. The van der Waals surface area contributed by atoms with Gasteiger partial charge in [-0.2, -0.15) is 22.5 Å². The molecule has 0 aliphatic heterocycles. The quantitative estimate of drug-likeness (QED) is 0.552. The summed E-state index contributed by atoms with van der Waals surface area (Å²) in [5.41, 5.74) is 0. The lowest BCUT2D eigenvalue weighted by Gasteiger charge is -2.15. The van der Waals surface area contributed by atoms with Crippen LogP contribution in [0.15, 0.2) is 6.33 Å². The van der Waals surface area contributed by atoms with E-state index in [9.17, 15) is 13.2 Å². The van der Waals surface area contributed by atoms with Crippen LogP contribution >= 0.6 is 0 Å². The number of nitrogens with zero attached hydrogens (tertiary/aromatic N) is 3. The van der Waals surface area contributed by atoms with Crippen LogP contribution in [0.25, 0.3) is 0 Å². The maximum Gasteiger partial charge on any atom is 0.304 e. The zero-order chi connectivity index (χ0) is 12.9. The normalized spacial score (nSPS) is 11.9. The average molecular weight is 263 g/mol. The van der Waals surface area contributed by atoms with Gasteiger partial charge in [0.15, 0.2) is 0 Å². The molecule has 0 radical (unpaired) electrons. The second-order valence-corrected chi connectivity index (χ2v) is 5.09. The van der Waals surface area contributed by atoms with Crippen molar-refractivity contribution in [2.75, 3.05) is 13.6 Å². The first-order valence-corrected chi connectivity index (χ1v) is 6.13. The third-order valence-corrected chi connectivity index (χ3v) is 3.45. The van der Waals surface area contributed by atoms with Crippen LogP contribution in [0.2, 0.25) is 0 Å². The third kappa shape index (κ3) is 4.46. The van der Waals surface area contributed by atoms with Crippen LogP contribution in [0.1, 0.15) is 12.2 Å². The molecule has 0 unspecified atom stereocenters. The van der Waals surface area contributed by atoms with E-state index in [1.807, 2.05) is 0 Å². The Bertz CT molecular complexity index is 457. The van der Waals surface area contributed by atoms with Gasteiger partial charge in [0.2, 0.25) is 0 Å². The summed E-state index contributed by atoms with van der Waals surface area (Å²) in [5.74, 6) is -0.678. The minimum absolute atomic E-state index is 0.0280. The Labute approximate surface area is 98.0 Å². The number of hydrogen-bond acceptors (Lipinski definition) is 5. The van der Waals surface area contributed by atoms with E-state index >= 15 is 0 Å². The minimum Gasteiger partial charge on any atom is -0.481 e. The van der Waals surface area contributed by atoms with Gasteiger partial charge in [-0.15, -0.1) is 0 Å². The molecule has 0 aliphatic carbocycles. The predicted octanol–water partition coefficient (Wildman–Crippen LogP) is -1.45. The van der Waals surface area contributed by atoms with Crippen LogP contribution in [-0.2, 0) is 21.5 Å². The van der Waals surface area contributed by atoms with Gasteiger partial charge in [0.1, 0.15) is 12.2 Å². The lowest BCUT2D eigenvalue weighted by atomic mass is 10.4. The molecule has 3 N–H and O–H groups in total. The van der Waals surface area contributed by atoms with E-state index in [1.54, 1.807) is 0 Å². The van der Waals surface area contributed by atoms with Crippen LogP contribution in [-0.4, -0.2) is 52.6 Å². The maximum absolute atomic E-state index is 11.6. The Morgan fingerprint density at radius 3 is 2.88 bits per heavy atom. The topological polar surface area (TPSA) is 128 Å². The highest BCUT2D eigenvalue weighted by atomic mass is 32.2. The molecule has 0 bridgehead atoms. The van der Waals surface area contributed by atoms with Crippen molar-refractivity contribution in [3.05, 3.63) is 12.2 Å². The molecule has 0 saturated heterocycles. The molecule has 1 aromatic rings. The van der Waals surface area contributed by atoms with Gasteiger partial charge in [0.25, 0.3) is 10.2 Å². The summed E-state index contributed by atoms with van der Waals surface area (Å²) in [6.45, 7) is -0.124. The molecule has 96 valence electrons. The van der Waals surface area contributed by atoms with Gasteiger partial charge in [0, 0.05) is 13.6 Å². The number of hydrogen-bond donors (Lipinski definition) is 3. The molecule has 0 aliphatic rings. The van der Waals surface area contributed by atoms with E-state index in [2.05, 4.69) is 19.9 Å². The van der Waals surface area contributed by atoms with E-state index in [4.69, 9.17) is 5.11 Å². The zero-order valence-electron chi connectivity index (χ0n) is 9.12. The number of H-pyrrole nitrogens is 1. The Hall–Kier alpha value is -1.52. The summed E-state index contributed by atoms with van der Waals surface area (Å²) in [4.78, 5) is 14.1.